The molecule has 1 saturated heterocycles. The first kappa shape index (κ1) is 18.6. The molecular weight excluding hydrogens is 356 g/mol. The van der Waals surface area contributed by atoms with Gasteiger partial charge in [0.25, 0.3) is 0 Å². The number of rotatable bonds is 4. The van der Waals surface area contributed by atoms with Gasteiger partial charge < -0.3 is 4.90 Å². The van der Waals surface area contributed by atoms with Crippen LogP contribution in [0.4, 0.5) is 5.82 Å². The third-order valence-electron chi connectivity index (χ3n) is 7.45. The quantitative estimate of drug-likeness (QED) is 0.777. The van der Waals surface area contributed by atoms with Crippen LogP contribution in [-0.4, -0.2) is 42.6 Å². The van der Waals surface area contributed by atoms with Gasteiger partial charge in [0, 0.05) is 44.0 Å². The van der Waals surface area contributed by atoms with Crippen molar-refractivity contribution in [3.63, 3.8) is 0 Å². The van der Waals surface area contributed by atoms with Crippen molar-refractivity contribution in [1.82, 2.24) is 9.88 Å². The van der Waals surface area contributed by atoms with Crippen molar-refractivity contribution in [2.75, 3.05) is 37.6 Å². The molecule has 3 aliphatic rings. The Kier molecular flexibility index (Phi) is 5.01. The van der Waals surface area contributed by atoms with Crippen LogP contribution < -0.4 is 4.90 Å². The number of nitriles is 1. The average molecular weight is 387 g/mol. The lowest BCUT2D eigenvalue weighted by Gasteiger charge is -2.38. The molecule has 3 fully saturated rings. The second-order valence-electron chi connectivity index (χ2n) is 9.19. The molecule has 2 saturated carbocycles. The van der Waals surface area contributed by atoms with Gasteiger partial charge in [0.2, 0.25) is 0 Å². The maximum absolute atomic E-state index is 9.79. The van der Waals surface area contributed by atoms with Crippen LogP contribution in [0, 0.1) is 36.0 Å². The molecule has 5 rings (SSSR count). The molecule has 3 unspecified atom stereocenters. The zero-order valence-corrected chi connectivity index (χ0v) is 17.3. The number of fused-ring (bicyclic) bond motifs is 2. The highest BCUT2D eigenvalue weighted by molar-refractivity contribution is 5.71. The molecule has 2 aliphatic carbocycles. The Bertz CT molecular complexity index is 908. The SMILES string of the molecule is Cc1nc(N2CCN(CC3CC4CCC3C4)CC2)c(C#N)cc1-c1ccccc1. The number of anilines is 1. The number of nitrogens with zero attached hydrogens (tertiary/aromatic N) is 4. The van der Waals surface area contributed by atoms with E-state index in [0.717, 1.165) is 66.6 Å². The van der Waals surface area contributed by atoms with E-state index in [4.69, 9.17) is 4.98 Å². The summed E-state index contributed by atoms with van der Waals surface area (Å²) >= 11 is 0. The van der Waals surface area contributed by atoms with Crippen LogP contribution in [0.15, 0.2) is 36.4 Å². The van der Waals surface area contributed by atoms with Gasteiger partial charge in [-0.15, -0.1) is 0 Å². The van der Waals surface area contributed by atoms with Crippen LogP contribution in [0.2, 0.25) is 0 Å². The standard InChI is InChI=1S/C25H30N4/c1-18-24(20-5-3-2-4-6-20)15-22(16-26)25(27-18)29-11-9-28(10-12-29)17-23-14-19-7-8-21(23)13-19/h2-6,15,19,21,23H,7-14,17H2,1H3. The maximum Gasteiger partial charge on any atom is 0.146 e. The number of benzene rings is 1. The Hall–Kier alpha value is -2.38. The molecule has 150 valence electrons. The topological polar surface area (TPSA) is 43.2 Å². The van der Waals surface area contributed by atoms with Crippen molar-refractivity contribution >= 4 is 5.82 Å². The van der Waals surface area contributed by atoms with Crippen LogP contribution in [0.5, 0.6) is 0 Å². The summed E-state index contributed by atoms with van der Waals surface area (Å²) in [5.41, 5.74) is 3.86. The second kappa shape index (κ2) is 7.80. The fourth-order valence-electron chi connectivity index (χ4n) is 5.90. The largest absolute Gasteiger partial charge is 0.353 e. The van der Waals surface area contributed by atoms with Crippen LogP contribution in [-0.2, 0) is 0 Å². The Morgan fingerprint density at radius 1 is 1.07 bits per heavy atom. The number of aryl methyl sites for hydroxylation is 1. The van der Waals surface area contributed by atoms with Crippen molar-refractivity contribution in [1.29, 1.82) is 5.26 Å². The van der Waals surface area contributed by atoms with Crippen LogP contribution in [0.25, 0.3) is 11.1 Å². The number of aromatic nitrogens is 1. The zero-order chi connectivity index (χ0) is 19.8. The lowest BCUT2D eigenvalue weighted by molar-refractivity contribution is 0.181. The minimum absolute atomic E-state index is 0.691. The first-order valence-electron chi connectivity index (χ1n) is 11.2. The van der Waals surface area contributed by atoms with Crippen molar-refractivity contribution in [2.45, 2.75) is 32.6 Å². The van der Waals surface area contributed by atoms with E-state index in [1.807, 2.05) is 24.3 Å². The minimum atomic E-state index is 0.691. The maximum atomic E-state index is 9.79. The fraction of sp³-hybridized carbons (Fsp3) is 0.520. The fourth-order valence-corrected chi connectivity index (χ4v) is 5.90. The summed E-state index contributed by atoms with van der Waals surface area (Å²) in [6.07, 6.45) is 5.91. The van der Waals surface area contributed by atoms with Gasteiger partial charge in [-0.3, -0.25) is 4.90 Å². The smallest absolute Gasteiger partial charge is 0.146 e. The molecule has 1 aromatic carbocycles. The monoisotopic (exact) mass is 386 g/mol. The van der Waals surface area contributed by atoms with Crippen molar-refractivity contribution in [2.24, 2.45) is 17.8 Å². The third kappa shape index (κ3) is 3.65. The van der Waals surface area contributed by atoms with Gasteiger partial charge in [-0.25, -0.2) is 4.98 Å². The summed E-state index contributed by atoms with van der Waals surface area (Å²) in [7, 11) is 0. The van der Waals surface area contributed by atoms with Gasteiger partial charge in [-0.1, -0.05) is 36.8 Å². The van der Waals surface area contributed by atoms with Gasteiger partial charge in [0.15, 0.2) is 0 Å². The summed E-state index contributed by atoms with van der Waals surface area (Å²) in [6.45, 7) is 7.43. The molecule has 2 heterocycles. The number of hydrogen-bond donors (Lipinski definition) is 0. The van der Waals surface area contributed by atoms with Crippen molar-refractivity contribution in [3.8, 4) is 17.2 Å². The third-order valence-corrected chi connectivity index (χ3v) is 7.45. The van der Waals surface area contributed by atoms with E-state index in [1.54, 1.807) is 0 Å². The van der Waals surface area contributed by atoms with Gasteiger partial charge in [0.1, 0.15) is 11.9 Å². The average Bonchev–Trinajstić information content (AvgIpc) is 3.38. The molecule has 4 nitrogen and oxygen atoms in total. The van der Waals surface area contributed by atoms with Crippen LogP contribution >= 0.6 is 0 Å². The molecular formula is C25H30N4. The van der Waals surface area contributed by atoms with E-state index in [-0.39, 0.29) is 0 Å². The Morgan fingerprint density at radius 2 is 1.86 bits per heavy atom. The number of hydrogen-bond acceptors (Lipinski definition) is 4. The molecule has 4 heteroatoms. The lowest BCUT2D eigenvalue weighted by Crippen LogP contribution is -2.48. The highest BCUT2D eigenvalue weighted by atomic mass is 15.3. The Balaban J connectivity index is 1.28. The van der Waals surface area contributed by atoms with E-state index in [2.05, 4.69) is 34.9 Å². The van der Waals surface area contributed by atoms with Crippen molar-refractivity contribution < 1.29 is 0 Å². The van der Waals surface area contributed by atoms with Crippen LogP contribution in [0.3, 0.4) is 0 Å². The van der Waals surface area contributed by atoms with Gasteiger partial charge >= 0.3 is 0 Å². The van der Waals surface area contributed by atoms with E-state index in [0.29, 0.717) is 5.56 Å². The number of piperazine rings is 1. The van der Waals surface area contributed by atoms with Gasteiger partial charge in [-0.05, 0) is 55.6 Å². The van der Waals surface area contributed by atoms with E-state index < -0.39 is 0 Å². The molecule has 3 atom stereocenters. The summed E-state index contributed by atoms with van der Waals surface area (Å²) < 4.78 is 0. The first-order valence-corrected chi connectivity index (χ1v) is 11.2. The molecule has 29 heavy (non-hydrogen) atoms. The zero-order valence-electron chi connectivity index (χ0n) is 17.3. The molecule has 0 N–H and O–H groups in total. The Morgan fingerprint density at radius 3 is 2.52 bits per heavy atom. The molecule has 2 bridgehead atoms. The van der Waals surface area contributed by atoms with E-state index in [9.17, 15) is 5.26 Å². The molecule has 0 spiro atoms. The van der Waals surface area contributed by atoms with Gasteiger partial charge in [-0.2, -0.15) is 5.26 Å². The first-order chi connectivity index (χ1) is 14.2. The lowest BCUT2D eigenvalue weighted by atomic mass is 9.88. The number of pyridine rings is 1. The van der Waals surface area contributed by atoms with Crippen molar-refractivity contribution in [3.05, 3.63) is 47.7 Å². The summed E-state index contributed by atoms with van der Waals surface area (Å²) in [5, 5.41) is 9.79. The van der Waals surface area contributed by atoms with Crippen LogP contribution in [0.1, 0.15) is 36.9 Å². The molecule has 0 amide bonds. The normalized spacial score (nSPS) is 26.6. The minimum Gasteiger partial charge on any atom is -0.353 e. The molecule has 1 aliphatic heterocycles. The summed E-state index contributed by atoms with van der Waals surface area (Å²) in [6, 6.07) is 14.7. The second-order valence-corrected chi connectivity index (χ2v) is 9.19. The predicted octanol–water partition coefficient (Wildman–Crippen LogP) is 4.49. The summed E-state index contributed by atoms with van der Waals surface area (Å²) in [5.74, 6) is 3.82. The Labute approximate surface area is 174 Å². The van der Waals surface area contributed by atoms with Gasteiger partial charge in [0.05, 0.1) is 5.56 Å². The summed E-state index contributed by atoms with van der Waals surface area (Å²) in [4.78, 5) is 9.86. The van der Waals surface area contributed by atoms with E-state index >= 15 is 0 Å². The molecule has 0 radical (unpaired) electrons. The molecule has 1 aromatic heterocycles. The predicted molar refractivity (Wildman–Crippen MR) is 117 cm³/mol. The molecule has 2 aromatic rings. The van der Waals surface area contributed by atoms with E-state index in [1.165, 1.54) is 32.2 Å². The highest BCUT2D eigenvalue weighted by Gasteiger charge is 2.40. The highest BCUT2D eigenvalue weighted by Crippen LogP contribution is 2.48.